The van der Waals surface area contributed by atoms with E-state index < -0.39 is 0 Å². The van der Waals surface area contributed by atoms with Crippen LogP contribution in [-0.2, 0) is 9.53 Å². The Morgan fingerprint density at radius 3 is 2.20 bits per heavy atom. The molecule has 2 atom stereocenters. The zero-order chi connectivity index (χ0) is 16.0. The molecular weight excluding hydrogens is 276 g/mol. The number of hydrogen-bond acceptors (Lipinski definition) is 5. The van der Waals surface area contributed by atoms with Crippen molar-refractivity contribution in [2.24, 2.45) is 5.73 Å². The van der Waals surface area contributed by atoms with Crippen molar-refractivity contribution in [2.45, 2.75) is 72.0 Å². The van der Waals surface area contributed by atoms with Gasteiger partial charge in [-0.25, -0.2) is 0 Å². The molecule has 20 heavy (non-hydrogen) atoms. The van der Waals surface area contributed by atoms with Crippen LogP contribution in [0.15, 0.2) is 0 Å². The normalized spacial score (nSPS) is 12.8. The maximum atomic E-state index is 11.2. The van der Waals surface area contributed by atoms with E-state index in [0.29, 0.717) is 12.2 Å². The van der Waals surface area contributed by atoms with Gasteiger partial charge in [-0.3, -0.25) is 10.2 Å². The molecule has 0 spiro atoms. The first-order valence-electron chi connectivity index (χ1n) is 7.17. The Labute approximate surface area is 127 Å². The predicted molar refractivity (Wildman–Crippen MR) is 86.0 cm³/mol. The number of aliphatic hydroxyl groups is 1. The minimum atomic E-state index is -0.209. The van der Waals surface area contributed by atoms with Crippen LogP contribution >= 0.6 is 11.8 Å². The van der Waals surface area contributed by atoms with E-state index in [1.165, 1.54) is 0 Å². The monoisotopic (exact) mass is 306 g/mol. The highest BCUT2D eigenvalue weighted by molar-refractivity contribution is 8.13. The van der Waals surface area contributed by atoms with Gasteiger partial charge in [0.05, 0.1) is 18.6 Å². The zero-order valence-corrected chi connectivity index (χ0v) is 14.0. The smallest absolute Gasteiger partial charge is 0.306 e. The molecule has 120 valence electrons. The number of nitrogens with one attached hydrogen (secondary N) is 1. The van der Waals surface area contributed by atoms with Crippen LogP contribution in [-0.4, -0.2) is 34.2 Å². The summed E-state index contributed by atoms with van der Waals surface area (Å²) in [7, 11) is 0. The first kappa shape index (κ1) is 21.5. The second kappa shape index (κ2) is 14.7. The molecule has 0 bridgehead atoms. The van der Waals surface area contributed by atoms with E-state index in [0.717, 1.165) is 37.4 Å². The highest BCUT2D eigenvalue weighted by Gasteiger charge is 2.08. The van der Waals surface area contributed by atoms with Gasteiger partial charge in [-0.2, -0.15) is 0 Å². The third kappa shape index (κ3) is 19.6. The van der Waals surface area contributed by atoms with Gasteiger partial charge >= 0.3 is 5.97 Å². The molecule has 0 fully saturated rings. The summed E-state index contributed by atoms with van der Waals surface area (Å²) in [6.45, 7) is 7.81. The second-order valence-corrected chi connectivity index (χ2v) is 5.83. The van der Waals surface area contributed by atoms with Crippen molar-refractivity contribution in [3.8, 4) is 0 Å². The summed E-state index contributed by atoms with van der Waals surface area (Å²) in [6, 6.07) is 0. The number of aliphatic hydroxyl groups excluding tert-OH is 1. The second-order valence-electron chi connectivity index (χ2n) is 4.69. The molecule has 0 heterocycles. The van der Waals surface area contributed by atoms with Crippen LogP contribution in [0.5, 0.6) is 0 Å². The molecule has 0 aromatic rings. The molecule has 0 amide bonds. The maximum Gasteiger partial charge on any atom is 0.306 e. The molecule has 2 unspecified atom stereocenters. The van der Waals surface area contributed by atoms with Crippen LogP contribution in [0.1, 0.15) is 59.8 Å². The highest BCUT2D eigenvalue weighted by atomic mass is 32.2. The van der Waals surface area contributed by atoms with E-state index >= 15 is 0 Å². The van der Waals surface area contributed by atoms with Gasteiger partial charge in [0.1, 0.15) is 0 Å². The molecule has 5 nitrogen and oxygen atoms in total. The van der Waals surface area contributed by atoms with Crippen molar-refractivity contribution in [3.63, 3.8) is 0 Å². The molecule has 0 rings (SSSR count). The summed E-state index contributed by atoms with van der Waals surface area (Å²) in [6.07, 6.45) is 4.13. The fourth-order valence-corrected chi connectivity index (χ4v) is 1.90. The standard InChI is InChI=1S/C9H18N2O2S.C5H12O/c1-3-4-7(2)13-8(12)5-6-14-9(10)11;1-3-4-5(2)6/h7H,3-6H2,1-2H3,(H3,10,11);5-6H,3-4H2,1-2H3. The van der Waals surface area contributed by atoms with Gasteiger partial charge in [-0.1, -0.05) is 38.5 Å². The fraction of sp³-hybridized carbons (Fsp3) is 0.857. The Morgan fingerprint density at radius 1 is 1.30 bits per heavy atom. The molecule has 0 saturated heterocycles. The van der Waals surface area contributed by atoms with Gasteiger partial charge in [-0.05, 0) is 26.7 Å². The lowest BCUT2D eigenvalue weighted by Gasteiger charge is -2.11. The number of thioether (sulfide) groups is 1. The lowest BCUT2D eigenvalue weighted by Crippen LogP contribution is -2.15. The molecule has 0 aromatic heterocycles. The molecule has 6 heteroatoms. The van der Waals surface area contributed by atoms with Gasteiger partial charge in [0.25, 0.3) is 0 Å². The number of amidine groups is 1. The van der Waals surface area contributed by atoms with Crippen molar-refractivity contribution in [3.05, 3.63) is 0 Å². The van der Waals surface area contributed by atoms with E-state index in [1.54, 1.807) is 0 Å². The molecule has 0 saturated carbocycles. The Morgan fingerprint density at radius 2 is 1.85 bits per heavy atom. The van der Waals surface area contributed by atoms with Crippen LogP contribution in [0, 0.1) is 5.41 Å². The average molecular weight is 306 g/mol. The van der Waals surface area contributed by atoms with E-state index in [2.05, 4.69) is 13.8 Å². The van der Waals surface area contributed by atoms with Crippen molar-refractivity contribution in [1.82, 2.24) is 0 Å². The molecule has 0 radical (unpaired) electrons. The minimum Gasteiger partial charge on any atom is -0.463 e. The molecule has 0 aliphatic carbocycles. The van der Waals surface area contributed by atoms with Gasteiger partial charge in [0, 0.05) is 5.75 Å². The first-order chi connectivity index (χ1) is 9.33. The summed E-state index contributed by atoms with van der Waals surface area (Å²) in [5.41, 5.74) is 5.12. The van der Waals surface area contributed by atoms with Crippen LogP contribution in [0.3, 0.4) is 0 Å². The summed E-state index contributed by atoms with van der Waals surface area (Å²) < 4.78 is 5.11. The lowest BCUT2D eigenvalue weighted by molar-refractivity contribution is -0.147. The number of nitrogens with two attached hydrogens (primary N) is 1. The summed E-state index contributed by atoms with van der Waals surface area (Å²) in [5, 5.41) is 15.5. The third-order valence-electron chi connectivity index (χ3n) is 2.30. The quantitative estimate of drug-likeness (QED) is 0.364. The number of ether oxygens (including phenoxy) is 1. The number of carbonyl (C=O) groups is 1. The number of esters is 1. The number of rotatable bonds is 8. The summed E-state index contributed by atoms with van der Waals surface area (Å²) in [4.78, 5) is 11.2. The van der Waals surface area contributed by atoms with E-state index in [-0.39, 0.29) is 23.3 Å². The molecule has 0 aliphatic heterocycles. The van der Waals surface area contributed by atoms with E-state index in [4.69, 9.17) is 21.0 Å². The number of carbonyl (C=O) groups excluding carboxylic acids is 1. The number of hydrogen-bond donors (Lipinski definition) is 3. The Balaban J connectivity index is 0. The van der Waals surface area contributed by atoms with Crippen LogP contribution in [0.4, 0.5) is 0 Å². The van der Waals surface area contributed by atoms with Crippen molar-refractivity contribution in [1.29, 1.82) is 5.41 Å². The predicted octanol–water partition coefficient (Wildman–Crippen LogP) is 2.90. The van der Waals surface area contributed by atoms with Crippen molar-refractivity contribution in [2.75, 3.05) is 5.75 Å². The Hall–Kier alpha value is -0.750. The largest absolute Gasteiger partial charge is 0.463 e. The van der Waals surface area contributed by atoms with Crippen molar-refractivity contribution >= 4 is 22.9 Å². The van der Waals surface area contributed by atoms with Gasteiger partial charge in [0.15, 0.2) is 5.17 Å². The molecule has 0 aromatic carbocycles. The molecular formula is C14H30N2O3S. The molecule has 0 aliphatic rings. The Bertz CT molecular complexity index is 261. The van der Waals surface area contributed by atoms with Gasteiger partial charge in [-0.15, -0.1) is 0 Å². The van der Waals surface area contributed by atoms with Crippen LogP contribution in [0.25, 0.3) is 0 Å². The zero-order valence-electron chi connectivity index (χ0n) is 13.1. The topological polar surface area (TPSA) is 96.4 Å². The van der Waals surface area contributed by atoms with E-state index in [1.807, 2.05) is 13.8 Å². The Kier molecular flexibility index (Phi) is 15.8. The van der Waals surface area contributed by atoms with Gasteiger partial charge in [0.2, 0.25) is 0 Å². The minimum absolute atomic E-state index is 0.00479. The first-order valence-corrected chi connectivity index (χ1v) is 8.16. The highest BCUT2D eigenvalue weighted by Crippen LogP contribution is 2.06. The average Bonchev–Trinajstić information content (AvgIpc) is 2.28. The van der Waals surface area contributed by atoms with Crippen molar-refractivity contribution < 1.29 is 14.6 Å². The lowest BCUT2D eigenvalue weighted by atomic mass is 10.2. The van der Waals surface area contributed by atoms with Crippen LogP contribution < -0.4 is 5.73 Å². The van der Waals surface area contributed by atoms with Crippen LogP contribution in [0.2, 0.25) is 0 Å². The molecule has 4 N–H and O–H groups in total. The summed E-state index contributed by atoms with van der Waals surface area (Å²) in [5.74, 6) is 0.312. The third-order valence-corrected chi connectivity index (χ3v) is 3.02. The van der Waals surface area contributed by atoms with E-state index in [9.17, 15) is 4.79 Å². The SMILES string of the molecule is CCCC(C)O.CCCC(C)OC(=O)CCSC(=N)N. The van der Waals surface area contributed by atoms with Gasteiger partial charge < -0.3 is 15.6 Å². The summed E-state index contributed by atoms with van der Waals surface area (Å²) >= 11 is 1.16. The maximum absolute atomic E-state index is 11.2. The fourth-order valence-electron chi connectivity index (χ4n) is 1.41.